The fourth-order valence-electron chi connectivity index (χ4n) is 2.22. The second-order valence-electron chi connectivity index (χ2n) is 5.71. The Morgan fingerprint density at radius 3 is 2.07 bits per heavy atom. The summed E-state index contributed by atoms with van der Waals surface area (Å²) in [5.41, 5.74) is 2.29. The number of hydrogen-bond donors (Lipinski definition) is 1. The Labute approximate surface area is 166 Å². The molecule has 140 valence electrons. The molecule has 6 nitrogen and oxygen atoms in total. The van der Waals surface area contributed by atoms with Gasteiger partial charge in [0.05, 0.1) is 16.9 Å². The molecule has 1 amide bonds. The molecule has 0 spiro atoms. The quantitative estimate of drug-likeness (QED) is 0.440. The molecule has 3 aromatic carbocycles. The molecule has 7 heteroatoms. The third-order valence-electron chi connectivity index (χ3n) is 3.60. The molecule has 0 atom stereocenters. The first kappa shape index (κ1) is 19.3. The van der Waals surface area contributed by atoms with E-state index in [0.29, 0.717) is 22.0 Å². The predicted molar refractivity (Wildman–Crippen MR) is 107 cm³/mol. The summed E-state index contributed by atoms with van der Waals surface area (Å²) in [6.45, 7) is -0.392. The van der Waals surface area contributed by atoms with Gasteiger partial charge in [-0.1, -0.05) is 29.8 Å². The molecule has 1 N–H and O–H groups in total. The van der Waals surface area contributed by atoms with E-state index in [1.165, 1.54) is 12.1 Å². The molecular weight excluding hydrogens is 378 g/mol. The number of azo groups is 1. The van der Waals surface area contributed by atoms with Crippen molar-refractivity contribution in [1.29, 1.82) is 0 Å². The molecular formula is C21H16ClN3O3. The molecule has 0 radical (unpaired) electrons. The lowest BCUT2D eigenvalue weighted by atomic mass is 10.2. The first-order chi connectivity index (χ1) is 13.6. The molecule has 0 bridgehead atoms. The summed E-state index contributed by atoms with van der Waals surface area (Å²) in [4.78, 5) is 23.8. The maximum absolute atomic E-state index is 11.9. The molecule has 3 rings (SSSR count). The normalized spacial score (nSPS) is 10.6. The van der Waals surface area contributed by atoms with Crippen LogP contribution in [0.1, 0.15) is 10.4 Å². The lowest BCUT2D eigenvalue weighted by Gasteiger charge is -2.07. The van der Waals surface area contributed by atoms with Crippen LogP contribution in [0.2, 0.25) is 5.02 Å². The van der Waals surface area contributed by atoms with Crippen molar-refractivity contribution in [2.75, 3.05) is 11.9 Å². The number of nitrogens with zero attached hydrogens (tertiary/aromatic N) is 2. The van der Waals surface area contributed by atoms with Crippen molar-refractivity contribution in [3.05, 3.63) is 89.4 Å². The maximum Gasteiger partial charge on any atom is 0.338 e. The van der Waals surface area contributed by atoms with Gasteiger partial charge in [0.15, 0.2) is 6.61 Å². The highest BCUT2D eigenvalue weighted by Gasteiger charge is 2.10. The number of carbonyl (C=O) groups excluding carboxylic acids is 2. The van der Waals surface area contributed by atoms with E-state index in [-0.39, 0.29) is 0 Å². The van der Waals surface area contributed by atoms with Gasteiger partial charge in [-0.05, 0) is 60.7 Å². The van der Waals surface area contributed by atoms with E-state index in [4.69, 9.17) is 16.3 Å². The Morgan fingerprint density at radius 1 is 0.821 bits per heavy atom. The van der Waals surface area contributed by atoms with Crippen LogP contribution >= 0.6 is 11.6 Å². The third-order valence-corrected chi connectivity index (χ3v) is 3.85. The van der Waals surface area contributed by atoms with Crippen LogP contribution in [0.5, 0.6) is 0 Å². The number of hydrogen-bond acceptors (Lipinski definition) is 5. The van der Waals surface area contributed by atoms with Gasteiger partial charge in [-0.15, -0.1) is 0 Å². The smallest absolute Gasteiger partial charge is 0.338 e. The summed E-state index contributed by atoms with van der Waals surface area (Å²) in [5.74, 6) is -1.04. The monoisotopic (exact) mass is 393 g/mol. The van der Waals surface area contributed by atoms with Crippen LogP contribution in [-0.4, -0.2) is 18.5 Å². The van der Waals surface area contributed by atoms with Gasteiger partial charge in [0.2, 0.25) is 0 Å². The van der Waals surface area contributed by atoms with E-state index < -0.39 is 18.5 Å². The first-order valence-corrected chi connectivity index (χ1v) is 8.77. The molecule has 0 saturated carbocycles. The SMILES string of the molecule is O=C(COC(=O)c1ccc(Cl)cc1)Nc1ccc(N=Nc2ccccc2)cc1. The van der Waals surface area contributed by atoms with Crippen molar-refractivity contribution < 1.29 is 14.3 Å². The highest BCUT2D eigenvalue weighted by atomic mass is 35.5. The lowest BCUT2D eigenvalue weighted by Crippen LogP contribution is -2.20. The summed E-state index contributed by atoms with van der Waals surface area (Å²) >= 11 is 5.77. The zero-order chi connectivity index (χ0) is 19.8. The van der Waals surface area contributed by atoms with Crippen molar-refractivity contribution in [2.24, 2.45) is 10.2 Å². The number of nitrogens with one attached hydrogen (secondary N) is 1. The average molecular weight is 394 g/mol. The van der Waals surface area contributed by atoms with E-state index >= 15 is 0 Å². The number of rotatable bonds is 6. The Balaban J connectivity index is 1.49. The van der Waals surface area contributed by atoms with Crippen LogP contribution < -0.4 is 5.32 Å². The Morgan fingerprint density at radius 2 is 1.43 bits per heavy atom. The van der Waals surface area contributed by atoms with E-state index in [0.717, 1.165) is 5.69 Å². The summed E-state index contributed by atoms with van der Waals surface area (Å²) in [5, 5.41) is 11.4. The van der Waals surface area contributed by atoms with Crippen LogP contribution in [0.4, 0.5) is 17.1 Å². The van der Waals surface area contributed by atoms with E-state index in [2.05, 4.69) is 15.5 Å². The fourth-order valence-corrected chi connectivity index (χ4v) is 2.35. The van der Waals surface area contributed by atoms with Crippen LogP contribution in [0, 0.1) is 0 Å². The van der Waals surface area contributed by atoms with Gasteiger partial charge in [0, 0.05) is 10.7 Å². The molecule has 0 aromatic heterocycles. The highest BCUT2D eigenvalue weighted by Crippen LogP contribution is 2.20. The van der Waals surface area contributed by atoms with Gasteiger partial charge >= 0.3 is 5.97 Å². The fraction of sp³-hybridized carbons (Fsp3) is 0.0476. The minimum absolute atomic E-state index is 0.324. The number of halogens is 1. The summed E-state index contributed by atoms with van der Waals surface area (Å²) in [6, 6.07) is 22.4. The summed E-state index contributed by atoms with van der Waals surface area (Å²) in [6.07, 6.45) is 0. The van der Waals surface area contributed by atoms with Crippen LogP contribution in [0.15, 0.2) is 89.1 Å². The van der Waals surface area contributed by atoms with E-state index in [1.807, 2.05) is 30.3 Å². The van der Waals surface area contributed by atoms with Gasteiger partial charge in [0.1, 0.15) is 0 Å². The van der Waals surface area contributed by atoms with E-state index in [1.54, 1.807) is 36.4 Å². The summed E-state index contributed by atoms with van der Waals surface area (Å²) in [7, 11) is 0. The highest BCUT2D eigenvalue weighted by molar-refractivity contribution is 6.30. The first-order valence-electron chi connectivity index (χ1n) is 8.39. The molecule has 0 aliphatic carbocycles. The minimum atomic E-state index is -0.594. The second kappa shape index (κ2) is 9.43. The molecule has 0 saturated heterocycles. The predicted octanol–water partition coefficient (Wildman–Crippen LogP) is 5.55. The average Bonchev–Trinajstić information content (AvgIpc) is 2.73. The number of anilines is 1. The molecule has 0 unspecified atom stereocenters. The van der Waals surface area contributed by atoms with Gasteiger partial charge in [-0.3, -0.25) is 4.79 Å². The second-order valence-corrected chi connectivity index (χ2v) is 6.15. The number of carbonyl (C=O) groups is 2. The van der Waals surface area contributed by atoms with Crippen molar-refractivity contribution in [1.82, 2.24) is 0 Å². The molecule has 28 heavy (non-hydrogen) atoms. The molecule has 0 aliphatic heterocycles. The van der Waals surface area contributed by atoms with Gasteiger partial charge < -0.3 is 10.1 Å². The van der Waals surface area contributed by atoms with Crippen LogP contribution in [0.3, 0.4) is 0 Å². The molecule has 0 heterocycles. The Bertz CT molecular complexity index is 972. The number of amides is 1. The molecule has 3 aromatic rings. The van der Waals surface area contributed by atoms with Gasteiger partial charge in [0.25, 0.3) is 5.91 Å². The zero-order valence-corrected chi connectivity index (χ0v) is 15.5. The Hall–Kier alpha value is -3.51. The standard InChI is InChI=1S/C21H16ClN3O3/c22-16-8-6-15(7-9-16)21(27)28-14-20(26)23-17-10-12-19(13-11-17)25-24-18-4-2-1-3-5-18/h1-13H,14H2,(H,23,26). The Kier molecular flexibility index (Phi) is 6.49. The number of ether oxygens (including phenoxy) is 1. The summed E-state index contributed by atoms with van der Waals surface area (Å²) < 4.78 is 4.99. The third kappa shape index (κ3) is 5.75. The van der Waals surface area contributed by atoms with Crippen LogP contribution in [-0.2, 0) is 9.53 Å². The van der Waals surface area contributed by atoms with Gasteiger partial charge in [-0.2, -0.15) is 10.2 Å². The molecule has 0 aliphatic rings. The zero-order valence-electron chi connectivity index (χ0n) is 14.7. The van der Waals surface area contributed by atoms with Gasteiger partial charge in [-0.25, -0.2) is 4.79 Å². The van der Waals surface area contributed by atoms with Crippen molar-refractivity contribution in [3.63, 3.8) is 0 Å². The van der Waals surface area contributed by atoms with Crippen LogP contribution in [0.25, 0.3) is 0 Å². The van der Waals surface area contributed by atoms with Crippen molar-refractivity contribution >= 4 is 40.5 Å². The minimum Gasteiger partial charge on any atom is -0.452 e. The number of benzene rings is 3. The van der Waals surface area contributed by atoms with E-state index in [9.17, 15) is 9.59 Å². The van der Waals surface area contributed by atoms with Crippen molar-refractivity contribution in [2.45, 2.75) is 0 Å². The molecule has 0 fully saturated rings. The largest absolute Gasteiger partial charge is 0.452 e. The number of esters is 1. The lowest BCUT2D eigenvalue weighted by molar-refractivity contribution is -0.119. The topological polar surface area (TPSA) is 80.1 Å². The van der Waals surface area contributed by atoms with Crippen molar-refractivity contribution in [3.8, 4) is 0 Å². The maximum atomic E-state index is 11.9.